The van der Waals surface area contributed by atoms with Crippen molar-refractivity contribution in [1.82, 2.24) is 0 Å². The summed E-state index contributed by atoms with van der Waals surface area (Å²) in [5.74, 6) is 0. The van der Waals surface area contributed by atoms with E-state index in [4.69, 9.17) is 0 Å². The van der Waals surface area contributed by atoms with Crippen molar-refractivity contribution in [2.75, 3.05) is 0 Å². The van der Waals surface area contributed by atoms with E-state index in [-0.39, 0.29) is 10.3 Å². The molecule has 2 rings (SSSR count). The van der Waals surface area contributed by atoms with Gasteiger partial charge in [0.15, 0.2) is 0 Å². The maximum atomic E-state index is 3.05. The molecule has 21 heavy (non-hydrogen) atoms. The quantitative estimate of drug-likeness (QED) is 0.604. The summed E-state index contributed by atoms with van der Waals surface area (Å²) in [6.07, 6.45) is 2.24. The van der Waals surface area contributed by atoms with Crippen LogP contribution in [-0.2, 0) is 5.41 Å². The van der Waals surface area contributed by atoms with Crippen LogP contribution >= 0.6 is 18.5 Å². The van der Waals surface area contributed by atoms with Crippen LogP contribution in [0.4, 0.5) is 0 Å². The van der Waals surface area contributed by atoms with Gasteiger partial charge in [0, 0.05) is 10.3 Å². The molecule has 2 heteroatoms. The third-order valence-corrected chi connectivity index (χ3v) is 5.87. The minimum absolute atomic E-state index is 0.0708. The number of hydrogen-bond acceptors (Lipinski definition) is 0. The summed E-state index contributed by atoms with van der Waals surface area (Å²) in [7, 11) is 6.09. The Balaban J connectivity index is 2.69. The predicted octanol–water partition coefficient (Wildman–Crippen LogP) is 5.88. The summed E-state index contributed by atoms with van der Waals surface area (Å²) in [6.45, 7) is 6.91. The minimum Gasteiger partial charge on any atom is -0.126 e. The first-order chi connectivity index (χ1) is 9.96. The molecule has 0 aliphatic heterocycles. The van der Waals surface area contributed by atoms with Crippen molar-refractivity contribution in [3.63, 3.8) is 0 Å². The molecule has 0 spiro atoms. The molecule has 112 valence electrons. The number of benzene rings is 2. The Labute approximate surface area is 134 Å². The standard InChI is InChI=1S/C19H26P2/c1-4-19(5-2,18(3,20)21)17-14-10-9-13-16(17)15-11-7-6-8-12-15/h6-14H,4-5,20-21H2,1-3H3. The van der Waals surface area contributed by atoms with Crippen LogP contribution in [-0.4, -0.2) is 4.90 Å². The largest absolute Gasteiger partial charge is 0.126 e. The maximum absolute atomic E-state index is 3.05. The first kappa shape index (κ1) is 16.7. The Hall–Kier alpha value is -0.700. The van der Waals surface area contributed by atoms with Gasteiger partial charge in [-0.2, -0.15) is 0 Å². The molecule has 0 saturated heterocycles. The number of rotatable bonds is 5. The van der Waals surface area contributed by atoms with E-state index in [9.17, 15) is 0 Å². The molecule has 2 aromatic carbocycles. The van der Waals surface area contributed by atoms with E-state index < -0.39 is 0 Å². The Morgan fingerprint density at radius 3 is 1.86 bits per heavy atom. The van der Waals surface area contributed by atoms with Gasteiger partial charge >= 0.3 is 0 Å². The fraction of sp³-hybridized carbons (Fsp3) is 0.368. The lowest BCUT2D eigenvalue weighted by Gasteiger charge is -2.45. The zero-order chi connectivity index (χ0) is 15.5. The van der Waals surface area contributed by atoms with Crippen LogP contribution in [0, 0.1) is 0 Å². The average Bonchev–Trinajstić information content (AvgIpc) is 2.49. The third-order valence-electron chi connectivity index (χ3n) is 4.77. The average molecular weight is 316 g/mol. The Morgan fingerprint density at radius 1 is 0.810 bits per heavy atom. The SMILES string of the molecule is CCC(CC)(c1ccccc1-c1ccccc1)C(C)(P)P. The summed E-state index contributed by atoms with van der Waals surface area (Å²) in [5.41, 5.74) is 4.25. The van der Waals surface area contributed by atoms with Crippen LogP contribution in [0.3, 0.4) is 0 Å². The van der Waals surface area contributed by atoms with E-state index in [0.29, 0.717) is 0 Å². The van der Waals surface area contributed by atoms with Crippen molar-refractivity contribution in [1.29, 1.82) is 0 Å². The molecule has 2 atom stereocenters. The predicted molar refractivity (Wildman–Crippen MR) is 102 cm³/mol. The molecule has 0 N–H and O–H groups in total. The van der Waals surface area contributed by atoms with Gasteiger partial charge in [0.25, 0.3) is 0 Å². The van der Waals surface area contributed by atoms with Gasteiger partial charge in [0.2, 0.25) is 0 Å². The van der Waals surface area contributed by atoms with Gasteiger partial charge in [-0.1, -0.05) is 75.4 Å². The molecule has 0 saturated carbocycles. The van der Waals surface area contributed by atoms with Crippen LogP contribution < -0.4 is 0 Å². The lowest BCUT2D eigenvalue weighted by atomic mass is 9.70. The van der Waals surface area contributed by atoms with E-state index in [2.05, 4.69) is 93.8 Å². The van der Waals surface area contributed by atoms with E-state index >= 15 is 0 Å². The molecular formula is C19H26P2. The van der Waals surface area contributed by atoms with Gasteiger partial charge in [-0.05, 0) is 29.5 Å². The van der Waals surface area contributed by atoms with E-state index in [1.165, 1.54) is 16.7 Å². The summed E-state index contributed by atoms with van der Waals surface area (Å²) in [4.78, 5) is 0.0708. The smallest absolute Gasteiger partial charge is 0.00761 e. The normalized spacial score (nSPS) is 12.4. The maximum Gasteiger partial charge on any atom is 0.00761 e. The first-order valence-corrected chi connectivity index (χ1v) is 8.84. The van der Waals surface area contributed by atoms with Gasteiger partial charge in [-0.3, -0.25) is 0 Å². The second-order valence-corrected chi connectivity index (χ2v) is 9.05. The Kier molecular flexibility index (Phi) is 5.24. The second kappa shape index (κ2) is 6.60. The van der Waals surface area contributed by atoms with Crippen molar-refractivity contribution in [3.05, 3.63) is 60.2 Å². The van der Waals surface area contributed by atoms with E-state index in [1.54, 1.807) is 0 Å². The zero-order valence-corrected chi connectivity index (χ0v) is 15.6. The van der Waals surface area contributed by atoms with Crippen molar-refractivity contribution >= 4 is 18.5 Å². The van der Waals surface area contributed by atoms with Crippen molar-refractivity contribution in [3.8, 4) is 11.1 Å². The zero-order valence-electron chi connectivity index (χ0n) is 13.3. The van der Waals surface area contributed by atoms with Crippen molar-refractivity contribution in [2.45, 2.75) is 43.9 Å². The van der Waals surface area contributed by atoms with Crippen LogP contribution in [0.2, 0.25) is 0 Å². The molecule has 0 aromatic heterocycles. The third kappa shape index (κ3) is 3.08. The fourth-order valence-electron chi connectivity index (χ4n) is 3.45. The van der Waals surface area contributed by atoms with E-state index in [1.807, 2.05) is 0 Å². The highest BCUT2D eigenvalue weighted by molar-refractivity contribution is 7.40. The molecule has 0 bridgehead atoms. The second-order valence-electron chi connectivity index (χ2n) is 5.98. The molecule has 0 amide bonds. The van der Waals surface area contributed by atoms with Crippen LogP contribution in [0.15, 0.2) is 54.6 Å². The summed E-state index contributed by atoms with van der Waals surface area (Å²) >= 11 is 0. The topological polar surface area (TPSA) is 0 Å². The molecule has 2 unspecified atom stereocenters. The molecule has 0 heterocycles. The molecule has 2 aromatic rings. The highest BCUT2D eigenvalue weighted by atomic mass is 31.1. The van der Waals surface area contributed by atoms with Gasteiger partial charge in [-0.15, -0.1) is 18.5 Å². The molecule has 0 fully saturated rings. The monoisotopic (exact) mass is 316 g/mol. The molecule has 0 radical (unpaired) electrons. The summed E-state index contributed by atoms with van der Waals surface area (Å²) < 4.78 is 0. The summed E-state index contributed by atoms with van der Waals surface area (Å²) in [6, 6.07) is 19.6. The highest BCUT2D eigenvalue weighted by Crippen LogP contribution is 2.52. The lowest BCUT2D eigenvalue weighted by molar-refractivity contribution is 0.371. The molecule has 0 aliphatic carbocycles. The highest BCUT2D eigenvalue weighted by Gasteiger charge is 2.42. The number of hydrogen-bond donors (Lipinski definition) is 0. The molecular weight excluding hydrogens is 290 g/mol. The van der Waals surface area contributed by atoms with Crippen LogP contribution in [0.25, 0.3) is 11.1 Å². The fourth-order valence-corrected chi connectivity index (χ4v) is 4.58. The van der Waals surface area contributed by atoms with Gasteiger partial charge < -0.3 is 0 Å². The van der Waals surface area contributed by atoms with Gasteiger partial charge in [-0.25, -0.2) is 0 Å². The summed E-state index contributed by atoms with van der Waals surface area (Å²) in [5, 5.41) is 0. The Bertz CT molecular complexity index is 578. The van der Waals surface area contributed by atoms with Crippen LogP contribution in [0.1, 0.15) is 39.2 Å². The first-order valence-electron chi connectivity index (χ1n) is 7.69. The lowest BCUT2D eigenvalue weighted by Crippen LogP contribution is -2.40. The molecule has 0 aliphatic rings. The molecule has 0 nitrogen and oxygen atoms in total. The Morgan fingerprint density at radius 2 is 1.33 bits per heavy atom. The van der Waals surface area contributed by atoms with Gasteiger partial charge in [0.05, 0.1) is 0 Å². The minimum atomic E-state index is 0.0708. The van der Waals surface area contributed by atoms with Crippen molar-refractivity contribution in [2.24, 2.45) is 0 Å². The van der Waals surface area contributed by atoms with Crippen LogP contribution in [0.5, 0.6) is 0 Å². The van der Waals surface area contributed by atoms with Crippen molar-refractivity contribution < 1.29 is 0 Å². The van der Waals surface area contributed by atoms with E-state index in [0.717, 1.165) is 12.8 Å². The van der Waals surface area contributed by atoms with Gasteiger partial charge in [0.1, 0.15) is 0 Å².